The molecule has 1 N–H and O–H groups in total. The SMILES string of the molecule is CCC(=O)NCc1cc(Cl)ccc1F. The van der Waals surface area contributed by atoms with Gasteiger partial charge in [-0.2, -0.15) is 0 Å². The molecule has 0 unspecified atom stereocenters. The second-order valence-electron chi connectivity index (χ2n) is 2.87. The smallest absolute Gasteiger partial charge is 0.219 e. The van der Waals surface area contributed by atoms with Crippen molar-refractivity contribution in [3.63, 3.8) is 0 Å². The maximum absolute atomic E-state index is 13.1. The van der Waals surface area contributed by atoms with Crippen molar-refractivity contribution in [1.29, 1.82) is 0 Å². The molecule has 0 aromatic heterocycles. The van der Waals surface area contributed by atoms with Gasteiger partial charge in [-0.1, -0.05) is 18.5 Å². The minimum Gasteiger partial charge on any atom is -0.352 e. The largest absolute Gasteiger partial charge is 0.352 e. The summed E-state index contributed by atoms with van der Waals surface area (Å²) in [7, 11) is 0. The third-order valence-electron chi connectivity index (χ3n) is 1.80. The summed E-state index contributed by atoms with van der Waals surface area (Å²) in [5.41, 5.74) is 0.402. The van der Waals surface area contributed by atoms with E-state index in [4.69, 9.17) is 11.6 Å². The molecular weight excluding hydrogens is 205 g/mol. The summed E-state index contributed by atoms with van der Waals surface area (Å²) < 4.78 is 13.1. The molecule has 0 atom stereocenters. The second-order valence-corrected chi connectivity index (χ2v) is 3.30. The Morgan fingerprint density at radius 3 is 2.93 bits per heavy atom. The van der Waals surface area contributed by atoms with E-state index < -0.39 is 0 Å². The fraction of sp³-hybridized carbons (Fsp3) is 0.300. The zero-order chi connectivity index (χ0) is 10.6. The molecule has 0 bridgehead atoms. The molecule has 0 aliphatic rings. The maximum Gasteiger partial charge on any atom is 0.219 e. The first-order valence-electron chi connectivity index (χ1n) is 4.34. The van der Waals surface area contributed by atoms with Gasteiger partial charge in [-0.15, -0.1) is 0 Å². The molecule has 76 valence electrons. The van der Waals surface area contributed by atoms with E-state index in [1.807, 2.05) is 0 Å². The van der Waals surface area contributed by atoms with Crippen LogP contribution in [-0.2, 0) is 11.3 Å². The molecule has 14 heavy (non-hydrogen) atoms. The lowest BCUT2D eigenvalue weighted by Crippen LogP contribution is -2.21. The quantitative estimate of drug-likeness (QED) is 0.825. The molecule has 0 aliphatic heterocycles. The van der Waals surface area contributed by atoms with Crippen LogP contribution in [0.2, 0.25) is 5.02 Å². The fourth-order valence-corrected chi connectivity index (χ4v) is 1.19. The maximum atomic E-state index is 13.1. The lowest BCUT2D eigenvalue weighted by atomic mass is 10.2. The van der Waals surface area contributed by atoms with E-state index in [1.165, 1.54) is 18.2 Å². The van der Waals surface area contributed by atoms with Crippen LogP contribution in [0.5, 0.6) is 0 Å². The summed E-state index contributed by atoms with van der Waals surface area (Å²) in [6.45, 7) is 1.92. The minimum absolute atomic E-state index is 0.107. The fourth-order valence-electron chi connectivity index (χ4n) is 0.998. The number of nitrogens with one attached hydrogen (secondary N) is 1. The predicted molar refractivity (Wildman–Crippen MR) is 53.5 cm³/mol. The molecule has 1 rings (SSSR count). The van der Waals surface area contributed by atoms with Crippen LogP contribution >= 0.6 is 11.6 Å². The van der Waals surface area contributed by atoms with E-state index in [9.17, 15) is 9.18 Å². The third kappa shape index (κ3) is 3.00. The Labute approximate surface area is 87.1 Å². The highest BCUT2D eigenvalue weighted by Crippen LogP contribution is 2.14. The van der Waals surface area contributed by atoms with E-state index in [-0.39, 0.29) is 18.3 Å². The van der Waals surface area contributed by atoms with Gasteiger partial charge in [-0.05, 0) is 18.2 Å². The average Bonchev–Trinajstić information content (AvgIpc) is 2.19. The molecule has 1 amide bonds. The van der Waals surface area contributed by atoms with Crippen LogP contribution in [0, 0.1) is 5.82 Å². The molecule has 1 aromatic rings. The van der Waals surface area contributed by atoms with Crippen LogP contribution in [0.1, 0.15) is 18.9 Å². The summed E-state index contributed by atoms with van der Waals surface area (Å²) in [5.74, 6) is -0.463. The molecule has 0 spiro atoms. The van der Waals surface area contributed by atoms with Crippen molar-refractivity contribution in [2.24, 2.45) is 0 Å². The Hall–Kier alpha value is -1.09. The predicted octanol–water partition coefficient (Wildman–Crippen LogP) is 2.51. The van der Waals surface area contributed by atoms with Crippen LogP contribution in [0.4, 0.5) is 4.39 Å². The van der Waals surface area contributed by atoms with Crippen LogP contribution in [-0.4, -0.2) is 5.91 Å². The van der Waals surface area contributed by atoms with Crippen molar-refractivity contribution in [2.45, 2.75) is 19.9 Å². The highest BCUT2D eigenvalue weighted by Gasteiger charge is 2.04. The molecule has 1 aromatic carbocycles. The van der Waals surface area contributed by atoms with Gasteiger partial charge in [0.25, 0.3) is 0 Å². The molecule has 0 saturated heterocycles. The molecule has 0 heterocycles. The Morgan fingerprint density at radius 2 is 2.29 bits per heavy atom. The number of carbonyl (C=O) groups excluding carboxylic acids is 1. The van der Waals surface area contributed by atoms with Crippen molar-refractivity contribution in [3.8, 4) is 0 Å². The monoisotopic (exact) mass is 215 g/mol. The average molecular weight is 216 g/mol. The first-order valence-corrected chi connectivity index (χ1v) is 4.72. The van der Waals surface area contributed by atoms with Crippen LogP contribution in [0.3, 0.4) is 0 Å². The summed E-state index contributed by atoms with van der Waals surface area (Å²) in [6.07, 6.45) is 0.391. The number of halogens is 2. The van der Waals surface area contributed by atoms with Gasteiger partial charge in [0.2, 0.25) is 5.91 Å². The first kappa shape index (κ1) is 11.0. The van der Waals surface area contributed by atoms with Crippen molar-refractivity contribution in [3.05, 3.63) is 34.6 Å². The van der Waals surface area contributed by atoms with Crippen molar-refractivity contribution in [2.75, 3.05) is 0 Å². The zero-order valence-electron chi connectivity index (χ0n) is 7.81. The number of carbonyl (C=O) groups is 1. The Balaban J connectivity index is 2.66. The van der Waals surface area contributed by atoms with Crippen molar-refractivity contribution < 1.29 is 9.18 Å². The Bertz CT molecular complexity index is 341. The van der Waals surface area contributed by atoms with E-state index in [0.29, 0.717) is 17.0 Å². The molecule has 0 fully saturated rings. The van der Waals surface area contributed by atoms with E-state index in [1.54, 1.807) is 6.92 Å². The van der Waals surface area contributed by atoms with Gasteiger partial charge in [-0.25, -0.2) is 4.39 Å². The van der Waals surface area contributed by atoms with Crippen molar-refractivity contribution in [1.82, 2.24) is 5.32 Å². The topological polar surface area (TPSA) is 29.1 Å². The highest BCUT2D eigenvalue weighted by molar-refractivity contribution is 6.30. The standard InChI is InChI=1S/C10H11ClFNO/c1-2-10(14)13-6-7-5-8(11)3-4-9(7)12/h3-5H,2,6H2,1H3,(H,13,14). The summed E-state index contributed by atoms with van der Waals surface area (Å²) in [4.78, 5) is 10.9. The molecule has 2 nitrogen and oxygen atoms in total. The molecule has 0 aliphatic carbocycles. The summed E-state index contributed by atoms with van der Waals surface area (Å²) >= 11 is 5.69. The summed E-state index contributed by atoms with van der Waals surface area (Å²) in [6, 6.07) is 4.27. The Kier molecular flexibility index (Phi) is 3.89. The summed E-state index contributed by atoms with van der Waals surface area (Å²) in [5, 5.41) is 3.04. The lowest BCUT2D eigenvalue weighted by molar-refractivity contribution is -0.120. The third-order valence-corrected chi connectivity index (χ3v) is 2.04. The van der Waals surface area contributed by atoms with E-state index >= 15 is 0 Å². The van der Waals surface area contributed by atoms with Gasteiger partial charge in [0.05, 0.1) is 0 Å². The minimum atomic E-state index is -0.356. The van der Waals surface area contributed by atoms with Crippen molar-refractivity contribution >= 4 is 17.5 Å². The Morgan fingerprint density at radius 1 is 1.57 bits per heavy atom. The lowest BCUT2D eigenvalue weighted by Gasteiger charge is -2.05. The van der Waals surface area contributed by atoms with E-state index in [0.717, 1.165) is 0 Å². The number of rotatable bonds is 3. The van der Waals surface area contributed by atoms with Gasteiger partial charge >= 0.3 is 0 Å². The normalized spacial score (nSPS) is 9.93. The van der Waals surface area contributed by atoms with Crippen LogP contribution in [0.25, 0.3) is 0 Å². The number of benzene rings is 1. The highest BCUT2D eigenvalue weighted by atomic mass is 35.5. The first-order chi connectivity index (χ1) is 6.63. The van der Waals surface area contributed by atoms with Gasteiger partial charge in [-0.3, -0.25) is 4.79 Å². The zero-order valence-corrected chi connectivity index (χ0v) is 8.57. The van der Waals surface area contributed by atoms with Gasteiger partial charge < -0.3 is 5.32 Å². The number of amides is 1. The molecule has 0 radical (unpaired) electrons. The van der Waals surface area contributed by atoms with Gasteiger partial charge in [0, 0.05) is 23.6 Å². The van der Waals surface area contributed by atoms with Gasteiger partial charge in [0.15, 0.2) is 0 Å². The number of hydrogen-bond donors (Lipinski definition) is 1. The number of hydrogen-bond acceptors (Lipinski definition) is 1. The van der Waals surface area contributed by atoms with Crippen LogP contribution in [0.15, 0.2) is 18.2 Å². The molecular formula is C10H11ClFNO. The van der Waals surface area contributed by atoms with Gasteiger partial charge in [0.1, 0.15) is 5.82 Å². The molecule has 0 saturated carbocycles. The van der Waals surface area contributed by atoms with Crippen LogP contribution < -0.4 is 5.32 Å². The molecule has 4 heteroatoms. The second kappa shape index (κ2) is 4.96. The van der Waals surface area contributed by atoms with E-state index in [2.05, 4.69) is 5.32 Å².